The highest BCUT2D eigenvalue weighted by Crippen LogP contribution is 2.19. The maximum Gasteiger partial charge on any atom is 0.363 e. The molecule has 0 aromatic carbocycles. The van der Waals surface area contributed by atoms with Crippen molar-refractivity contribution in [1.82, 2.24) is 4.98 Å². The summed E-state index contributed by atoms with van der Waals surface area (Å²) in [7, 11) is 0. The van der Waals surface area contributed by atoms with Gasteiger partial charge in [0.1, 0.15) is 0 Å². The Hall–Kier alpha value is -1.69. The molecule has 6 nitrogen and oxygen atoms in total. The highest BCUT2D eigenvalue weighted by Gasteiger charge is 2.20. The fourth-order valence-electron chi connectivity index (χ4n) is 1.87. The van der Waals surface area contributed by atoms with Gasteiger partial charge in [0.2, 0.25) is 0 Å². The Kier molecular flexibility index (Phi) is 3.53. The summed E-state index contributed by atoms with van der Waals surface area (Å²) in [5.41, 5.74) is 0.914. The molecule has 0 spiro atoms. The number of ether oxygens (including phenoxy) is 1. The molecule has 1 aliphatic rings. The molecule has 2 rings (SSSR count). The number of anilines is 1. The van der Waals surface area contributed by atoms with E-state index in [4.69, 9.17) is 4.74 Å². The molecule has 0 radical (unpaired) electrons. The SMILES string of the molecule is CC[C@@H]1CN(c2ccc([N+](=O)[O-])nc2)CCO1. The summed E-state index contributed by atoms with van der Waals surface area (Å²) in [6.07, 6.45) is 2.76. The lowest BCUT2D eigenvalue weighted by atomic mass is 10.2. The average molecular weight is 237 g/mol. The Balaban J connectivity index is 2.08. The Labute approximate surface area is 99.4 Å². The summed E-state index contributed by atoms with van der Waals surface area (Å²) in [5, 5.41) is 10.5. The summed E-state index contributed by atoms with van der Waals surface area (Å²) in [6.45, 7) is 4.39. The van der Waals surface area contributed by atoms with E-state index in [0.717, 1.165) is 25.2 Å². The molecule has 0 aliphatic carbocycles. The summed E-state index contributed by atoms with van der Waals surface area (Å²) < 4.78 is 5.57. The predicted molar refractivity (Wildman–Crippen MR) is 63.1 cm³/mol. The second-order valence-electron chi connectivity index (χ2n) is 3.98. The van der Waals surface area contributed by atoms with E-state index in [1.165, 1.54) is 6.07 Å². The van der Waals surface area contributed by atoms with Gasteiger partial charge in [-0.1, -0.05) is 6.92 Å². The first-order valence-corrected chi connectivity index (χ1v) is 5.67. The van der Waals surface area contributed by atoms with Gasteiger partial charge in [0.15, 0.2) is 6.20 Å². The van der Waals surface area contributed by atoms with Gasteiger partial charge < -0.3 is 19.8 Å². The van der Waals surface area contributed by atoms with E-state index in [1.54, 1.807) is 12.3 Å². The van der Waals surface area contributed by atoms with Gasteiger partial charge in [-0.05, 0) is 22.4 Å². The molecule has 0 amide bonds. The maximum atomic E-state index is 10.5. The third kappa shape index (κ3) is 2.71. The third-order valence-electron chi connectivity index (χ3n) is 2.88. The summed E-state index contributed by atoms with van der Waals surface area (Å²) >= 11 is 0. The molecule has 0 unspecified atom stereocenters. The Morgan fingerprint density at radius 2 is 2.47 bits per heavy atom. The molecule has 1 aromatic heterocycles. The van der Waals surface area contributed by atoms with Gasteiger partial charge in [-0.25, -0.2) is 0 Å². The molecular formula is C11H15N3O3. The van der Waals surface area contributed by atoms with Crippen molar-refractivity contribution in [3.63, 3.8) is 0 Å². The largest absolute Gasteiger partial charge is 0.375 e. The highest BCUT2D eigenvalue weighted by atomic mass is 16.6. The predicted octanol–water partition coefficient (Wildman–Crippen LogP) is 1.60. The summed E-state index contributed by atoms with van der Waals surface area (Å²) in [5.74, 6) is -0.117. The first kappa shape index (κ1) is 11.8. The van der Waals surface area contributed by atoms with Gasteiger partial charge in [-0.3, -0.25) is 0 Å². The topological polar surface area (TPSA) is 68.5 Å². The second kappa shape index (κ2) is 5.09. The van der Waals surface area contributed by atoms with E-state index in [9.17, 15) is 10.1 Å². The van der Waals surface area contributed by atoms with Gasteiger partial charge in [-0.15, -0.1) is 0 Å². The molecule has 1 aliphatic heterocycles. The van der Waals surface area contributed by atoms with Gasteiger partial charge in [0.05, 0.1) is 18.4 Å². The fourth-order valence-corrected chi connectivity index (χ4v) is 1.87. The fraction of sp³-hybridized carbons (Fsp3) is 0.545. The Morgan fingerprint density at radius 1 is 1.65 bits per heavy atom. The van der Waals surface area contributed by atoms with Crippen LogP contribution in [0.2, 0.25) is 0 Å². The number of rotatable bonds is 3. The number of morpholine rings is 1. The molecular weight excluding hydrogens is 222 g/mol. The summed E-state index contributed by atoms with van der Waals surface area (Å²) in [6, 6.07) is 3.18. The van der Waals surface area contributed by atoms with Crippen molar-refractivity contribution in [1.29, 1.82) is 0 Å². The van der Waals surface area contributed by atoms with Crippen LogP contribution in [-0.2, 0) is 4.74 Å². The monoisotopic (exact) mass is 237 g/mol. The lowest BCUT2D eigenvalue weighted by Gasteiger charge is -2.33. The van der Waals surface area contributed by atoms with E-state index in [2.05, 4.69) is 16.8 Å². The zero-order valence-corrected chi connectivity index (χ0v) is 9.70. The Morgan fingerprint density at radius 3 is 3.06 bits per heavy atom. The minimum Gasteiger partial charge on any atom is -0.375 e. The van der Waals surface area contributed by atoms with E-state index in [0.29, 0.717) is 6.61 Å². The van der Waals surface area contributed by atoms with Gasteiger partial charge in [0.25, 0.3) is 0 Å². The zero-order valence-electron chi connectivity index (χ0n) is 9.70. The quantitative estimate of drug-likeness (QED) is 0.590. The number of nitrogens with zero attached hydrogens (tertiary/aromatic N) is 3. The second-order valence-corrected chi connectivity index (χ2v) is 3.98. The van der Waals surface area contributed by atoms with Crippen LogP contribution in [0.4, 0.5) is 11.5 Å². The van der Waals surface area contributed by atoms with Crippen LogP contribution in [0, 0.1) is 10.1 Å². The van der Waals surface area contributed by atoms with Crippen LogP contribution < -0.4 is 4.90 Å². The zero-order chi connectivity index (χ0) is 12.3. The molecule has 0 N–H and O–H groups in total. The van der Waals surface area contributed by atoms with Crippen LogP contribution in [0.3, 0.4) is 0 Å². The molecule has 1 atom stereocenters. The summed E-state index contributed by atoms with van der Waals surface area (Å²) in [4.78, 5) is 16.0. The molecule has 1 fully saturated rings. The number of pyridine rings is 1. The first-order valence-electron chi connectivity index (χ1n) is 5.67. The number of hydrogen-bond donors (Lipinski definition) is 0. The molecule has 0 saturated carbocycles. The molecule has 1 aromatic rings. The van der Waals surface area contributed by atoms with Crippen molar-refractivity contribution < 1.29 is 9.66 Å². The lowest BCUT2D eigenvalue weighted by Crippen LogP contribution is -2.42. The molecule has 92 valence electrons. The highest BCUT2D eigenvalue weighted by molar-refractivity contribution is 5.46. The standard InChI is InChI=1S/C11H15N3O3/c1-2-10-8-13(5-6-17-10)9-3-4-11(12-7-9)14(15)16/h3-4,7,10H,2,5-6,8H2,1H3/t10-/m1/s1. The van der Waals surface area contributed by atoms with Gasteiger partial charge in [-0.2, -0.15) is 0 Å². The van der Waals surface area contributed by atoms with Crippen LogP contribution in [0.1, 0.15) is 13.3 Å². The normalized spacial score (nSPS) is 20.3. The van der Waals surface area contributed by atoms with Crippen LogP contribution in [0.25, 0.3) is 0 Å². The van der Waals surface area contributed by atoms with E-state index in [1.807, 2.05) is 0 Å². The number of hydrogen-bond acceptors (Lipinski definition) is 5. The first-order chi connectivity index (χ1) is 8.20. The molecule has 0 bridgehead atoms. The van der Waals surface area contributed by atoms with Crippen molar-refractivity contribution in [2.75, 3.05) is 24.6 Å². The smallest absolute Gasteiger partial charge is 0.363 e. The molecule has 6 heteroatoms. The molecule has 17 heavy (non-hydrogen) atoms. The van der Waals surface area contributed by atoms with Crippen LogP contribution >= 0.6 is 0 Å². The lowest BCUT2D eigenvalue weighted by molar-refractivity contribution is -0.389. The Bertz CT molecular complexity index is 393. The van der Waals surface area contributed by atoms with Crippen molar-refractivity contribution in [3.05, 3.63) is 28.4 Å². The molecule has 2 heterocycles. The van der Waals surface area contributed by atoms with Crippen molar-refractivity contribution in [2.24, 2.45) is 0 Å². The minimum absolute atomic E-state index is 0.117. The van der Waals surface area contributed by atoms with Gasteiger partial charge >= 0.3 is 5.82 Å². The average Bonchev–Trinajstić information content (AvgIpc) is 2.39. The van der Waals surface area contributed by atoms with Crippen molar-refractivity contribution >= 4 is 11.5 Å². The van der Waals surface area contributed by atoms with Crippen LogP contribution in [-0.4, -0.2) is 35.7 Å². The van der Waals surface area contributed by atoms with Gasteiger partial charge in [0, 0.05) is 19.2 Å². The number of nitro groups is 1. The minimum atomic E-state index is -0.488. The van der Waals surface area contributed by atoms with Crippen molar-refractivity contribution in [2.45, 2.75) is 19.4 Å². The van der Waals surface area contributed by atoms with Crippen LogP contribution in [0.5, 0.6) is 0 Å². The van der Waals surface area contributed by atoms with E-state index in [-0.39, 0.29) is 11.9 Å². The maximum absolute atomic E-state index is 10.5. The number of aromatic nitrogens is 1. The van der Waals surface area contributed by atoms with E-state index >= 15 is 0 Å². The third-order valence-corrected chi connectivity index (χ3v) is 2.88. The molecule has 1 saturated heterocycles. The van der Waals surface area contributed by atoms with Crippen molar-refractivity contribution in [3.8, 4) is 0 Å². The van der Waals surface area contributed by atoms with E-state index < -0.39 is 4.92 Å². The van der Waals surface area contributed by atoms with Crippen LogP contribution in [0.15, 0.2) is 18.3 Å².